The lowest BCUT2D eigenvalue weighted by molar-refractivity contribution is -0.148. The first-order valence-corrected chi connectivity index (χ1v) is 17.6. The molecular weight excluding hydrogens is 592 g/mol. The van der Waals surface area contributed by atoms with Gasteiger partial charge < -0.3 is 15.5 Å². The monoisotopic (exact) mass is 640 g/mol. The van der Waals surface area contributed by atoms with Gasteiger partial charge in [0.05, 0.1) is 5.41 Å². The summed E-state index contributed by atoms with van der Waals surface area (Å²) in [6, 6.07) is 11.8. The SMILES string of the molecule is C[C@@H](CCC(=O)O)C(=O)Nc1ccc2c(c1)[C@@]1(C)CCC[C@](C)(C(=O)N3C(=O)[C@]34CCC[C@]3(C)c5cc(O)ccc5CCC43)[C@@H]1CC2. The van der Waals surface area contributed by atoms with Crippen LogP contribution in [0, 0.1) is 23.2 Å². The summed E-state index contributed by atoms with van der Waals surface area (Å²) in [4.78, 5) is 54.6. The number of phenols is 1. The number of rotatable bonds is 6. The number of hydrogen-bond donors (Lipinski definition) is 3. The Kier molecular flexibility index (Phi) is 7.41. The Morgan fingerprint density at radius 2 is 1.51 bits per heavy atom. The molecule has 2 saturated carbocycles. The Hall–Kier alpha value is -3.68. The molecule has 1 spiro atoms. The number of fused-ring (bicyclic) bond motifs is 7. The molecular formula is C39H48N2O6. The minimum absolute atomic E-state index is 0.00578. The van der Waals surface area contributed by atoms with Crippen LogP contribution >= 0.6 is 0 Å². The van der Waals surface area contributed by atoms with E-state index in [-0.39, 0.29) is 59.0 Å². The van der Waals surface area contributed by atoms with Crippen LogP contribution < -0.4 is 5.32 Å². The predicted molar refractivity (Wildman–Crippen MR) is 178 cm³/mol. The number of aromatic hydroxyl groups is 1. The van der Waals surface area contributed by atoms with Gasteiger partial charge in [-0.05, 0) is 127 Å². The average Bonchev–Trinajstić information content (AvgIpc) is 3.61. The molecule has 47 heavy (non-hydrogen) atoms. The molecule has 1 unspecified atom stereocenters. The normalized spacial score (nSPS) is 34.4. The highest BCUT2D eigenvalue weighted by Gasteiger charge is 2.75. The zero-order chi connectivity index (χ0) is 33.5. The van der Waals surface area contributed by atoms with Crippen molar-refractivity contribution in [3.8, 4) is 5.75 Å². The summed E-state index contributed by atoms with van der Waals surface area (Å²) >= 11 is 0. The number of nitrogens with one attached hydrogen (secondary N) is 1. The van der Waals surface area contributed by atoms with Crippen molar-refractivity contribution in [3.05, 3.63) is 58.7 Å². The lowest BCUT2D eigenvalue weighted by Gasteiger charge is -2.55. The van der Waals surface area contributed by atoms with Crippen LogP contribution in [0.2, 0.25) is 0 Å². The van der Waals surface area contributed by atoms with Crippen LogP contribution in [0.4, 0.5) is 5.69 Å². The molecule has 7 atom stereocenters. The Labute approximate surface area is 277 Å². The van der Waals surface area contributed by atoms with Gasteiger partial charge in [-0.2, -0.15) is 0 Å². The van der Waals surface area contributed by atoms with Gasteiger partial charge in [0.1, 0.15) is 11.3 Å². The zero-order valence-electron chi connectivity index (χ0n) is 28.2. The van der Waals surface area contributed by atoms with Crippen molar-refractivity contribution in [1.82, 2.24) is 4.90 Å². The van der Waals surface area contributed by atoms with E-state index in [0.29, 0.717) is 12.1 Å². The molecule has 2 aromatic rings. The number of carbonyl (C=O) groups excluding carboxylic acids is 3. The first kappa shape index (κ1) is 31.9. The second-order valence-electron chi connectivity index (χ2n) is 16.0. The van der Waals surface area contributed by atoms with Gasteiger partial charge in [0, 0.05) is 23.9 Å². The van der Waals surface area contributed by atoms with Crippen molar-refractivity contribution in [3.63, 3.8) is 0 Å². The number of phenolic OH excluding ortho intramolecular Hbond substituents is 1. The second-order valence-corrected chi connectivity index (χ2v) is 16.0. The van der Waals surface area contributed by atoms with Gasteiger partial charge in [-0.1, -0.05) is 46.2 Å². The van der Waals surface area contributed by atoms with Gasteiger partial charge in [0.25, 0.3) is 5.91 Å². The van der Waals surface area contributed by atoms with Crippen LogP contribution in [0.25, 0.3) is 0 Å². The van der Waals surface area contributed by atoms with Gasteiger partial charge in [0.2, 0.25) is 11.8 Å². The number of carboxylic acid groups (broad SMARTS) is 1. The molecule has 8 nitrogen and oxygen atoms in total. The highest BCUT2D eigenvalue weighted by Crippen LogP contribution is 2.65. The quantitative estimate of drug-likeness (QED) is 0.240. The minimum Gasteiger partial charge on any atom is -0.508 e. The maximum absolute atomic E-state index is 14.9. The second kappa shape index (κ2) is 10.9. The number of hydrogen-bond acceptors (Lipinski definition) is 5. The molecule has 3 amide bonds. The molecule has 0 bridgehead atoms. The molecule has 1 aliphatic heterocycles. The van der Waals surface area contributed by atoms with E-state index >= 15 is 0 Å². The molecule has 5 aliphatic rings. The van der Waals surface area contributed by atoms with E-state index < -0.39 is 22.8 Å². The third-order valence-corrected chi connectivity index (χ3v) is 13.5. The molecule has 250 valence electrons. The maximum atomic E-state index is 14.9. The summed E-state index contributed by atoms with van der Waals surface area (Å²) < 4.78 is 0. The summed E-state index contributed by atoms with van der Waals surface area (Å²) in [5.74, 6) is -1.22. The molecule has 7 rings (SSSR count). The van der Waals surface area contributed by atoms with Gasteiger partial charge >= 0.3 is 5.97 Å². The van der Waals surface area contributed by atoms with E-state index in [9.17, 15) is 24.3 Å². The smallest absolute Gasteiger partial charge is 0.303 e. The van der Waals surface area contributed by atoms with Crippen LogP contribution in [0.1, 0.15) is 114 Å². The standard InChI is InChI=1S/C39H48N2O6/c1-23(7-16-32(43)44)33(45)40-26-12-8-24-10-14-30-36(2,28(24)21-26)17-5-19-38(30,4)34(46)41-35(47)39(41)20-6-18-37(3)29-22-27(42)13-9-25(29)11-15-31(37)39/h8-9,12-13,21-23,30-31,42H,5-7,10-11,14-20H2,1-4H3,(H,40,45)(H,43,44)/t23-,30+,31?,36+,37+,38-,39+,41?/m0/s1. The average molecular weight is 641 g/mol. The summed E-state index contributed by atoms with van der Waals surface area (Å²) in [5, 5.41) is 22.4. The van der Waals surface area contributed by atoms with Crippen molar-refractivity contribution < 1.29 is 29.4 Å². The van der Waals surface area contributed by atoms with E-state index in [1.807, 2.05) is 18.2 Å². The molecule has 1 saturated heterocycles. The molecule has 0 aromatic heterocycles. The number of carboxylic acids is 1. The zero-order valence-corrected chi connectivity index (χ0v) is 28.2. The fourth-order valence-corrected chi connectivity index (χ4v) is 10.9. The van der Waals surface area contributed by atoms with Crippen LogP contribution in [0.5, 0.6) is 5.75 Å². The van der Waals surface area contributed by atoms with Crippen molar-refractivity contribution in [2.75, 3.05) is 5.32 Å². The van der Waals surface area contributed by atoms with Crippen LogP contribution in [-0.2, 0) is 42.8 Å². The van der Waals surface area contributed by atoms with Gasteiger partial charge in [-0.25, -0.2) is 0 Å². The molecule has 3 N–H and O–H groups in total. The Balaban J connectivity index is 1.16. The van der Waals surface area contributed by atoms with Crippen molar-refractivity contribution >= 4 is 29.4 Å². The van der Waals surface area contributed by atoms with Gasteiger partial charge in [-0.3, -0.25) is 24.1 Å². The van der Waals surface area contributed by atoms with E-state index in [4.69, 9.17) is 5.11 Å². The lowest BCUT2D eigenvalue weighted by Crippen LogP contribution is -2.56. The summed E-state index contributed by atoms with van der Waals surface area (Å²) in [7, 11) is 0. The molecule has 2 aromatic carbocycles. The summed E-state index contributed by atoms with van der Waals surface area (Å²) in [5.41, 5.74) is 3.48. The minimum atomic E-state index is -0.913. The lowest BCUT2D eigenvalue weighted by atomic mass is 9.49. The van der Waals surface area contributed by atoms with E-state index in [0.717, 1.165) is 63.4 Å². The van der Waals surface area contributed by atoms with Crippen LogP contribution in [-0.4, -0.2) is 44.3 Å². The van der Waals surface area contributed by atoms with E-state index in [1.165, 1.54) is 16.7 Å². The molecule has 0 radical (unpaired) electrons. The molecule has 3 fully saturated rings. The molecule has 4 aliphatic carbocycles. The third-order valence-electron chi connectivity index (χ3n) is 13.5. The number of benzene rings is 2. The number of anilines is 1. The fraction of sp³-hybridized carbons (Fsp3) is 0.590. The molecule has 1 heterocycles. The van der Waals surface area contributed by atoms with Crippen molar-refractivity contribution in [2.24, 2.45) is 23.2 Å². The fourth-order valence-electron chi connectivity index (χ4n) is 10.9. The largest absolute Gasteiger partial charge is 0.508 e. The third kappa shape index (κ3) is 4.67. The summed E-state index contributed by atoms with van der Waals surface area (Å²) in [6.45, 7) is 8.36. The van der Waals surface area contributed by atoms with Crippen LogP contribution in [0.15, 0.2) is 36.4 Å². The number of imide groups is 1. The van der Waals surface area contributed by atoms with E-state index in [2.05, 4.69) is 38.2 Å². The highest BCUT2D eigenvalue weighted by molar-refractivity contribution is 6.17. The van der Waals surface area contributed by atoms with E-state index in [1.54, 1.807) is 17.9 Å². The number of nitrogens with zero attached hydrogens (tertiary/aromatic N) is 1. The number of carbonyl (C=O) groups is 4. The highest BCUT2D eigenvalue weighted by atomic mass is 16.4. The Morgan fingerprint density at radius 3 is 2.21 bits per heavy atom. The summed E-state index contributed by atoms with van der Waals surface area (Å²) in [6.07, 6.45) is 8.70. The first-order chi connectivity index (χ1) is 22.3. The Morgan fingerprint density at radius 1 is 0.894 bits per heavy atom. The van der Waals surface area contributed by atoms with Crippen molar-refractivity contribution in [2.45, 2.75) is 121 Å². The Bertz CT molecular complexity index is 1690. The maximum Gasteiger partial charge on any atom is 0.303 e. The van der Waals surface area contributed by atoms with Gasteiger partial charge in [-0.15, -0.1) is 0 Å². The van der Waals surface area contributed by atoms with Gasteiger partial charge in [0.15, 0.2) is 0 Å². The number of amides is 3. The number of aliphatic carboxylic acids is 1. The van der Waals surface area contributed by atoms with Crippen LogP contribution in [0.3, 0.4) is 0 Å². The topological polar surface area (TPSA) is 124 Å². The number of aryl methyl sites for hydroxylation is 2. The molecule has 8 heteroatoms. The first-order valence-electron chi connectivity index (χ1n) is 17.6. The predicted octanol–water partition coefficient (Wildman–Crippen LogP) is 6.65. The van der Waals surface area contributed by atoms with Crippen molar-refractivity contribution in [1.29, 1.82) is 0 Å².